The molecule has 160 valence electrons. The number of phenols is 2. The molecule has 0 spiro atoms. The zero-order chi connectivity index (χ0) is 22.2. The van der Waals surface area contributed by atoms with Crippen LogP contribution in [0.15, 0.2) is 54.6 Å². The minimum absolute atomic E-state index is 0.145. The Kier molecular flexibility index (Phi) is 7.30. The second kappa shape index (κ2) is 10.3. The van der Waals surface area contributed by atoms with Crippen molar-refractivity contribution in [2.75, 3.05) is 20.8 Å². The van der Waals surface area contributed by atoms with Gasteiger partial charge in [0.25, 0.3) is 0 Å². The van der Waals surface area contributed by atoms with Gasteiger partial charge in [-0.25, -0.2) is 0 Å². The van der Waals surface area contributed by atoms with Gasteiger partial charge < -0.3 is 25.4 Å². The van der Waals surface area contributed by atoms with Gasteiger partial charge in [0.15, 0.2) is 6.54 Å². The van der Waals surface area contributed by atoms with Crippen molar-refractivity contribution in [2.24, 2.45) is 5.73 Å². The number of nitrogens with two attached hydrogens (primary N) is 1. The number of aromatic hydroxyl groups is 2. The number of aromatic nitrogens is 1. The Bertz CT molecular complexity index is 1020. The van der Waals surface area contributed by atoms with Crippen LogP contribution < -0.4 is 19.8 Å². The highest BCUT2D eigenvalue weighted by Crippen LogP contribution is 2.26. The van der Waals surface area contributed by atoms with E-state index in [0.29, 0.717) is 35.7 Å². The second-order valence-corrected chi connectivity index (χ2v) is 6.83. The summed E-state index contributed by atoms with van der Waals surface area (Å²) in [4.78, 5) is 0. The van der Waals surface area contributed by atoms with Crippen LogP contribution in [0.25, 0.3) is 24.3 Å². The Labute approximate surface area is 182 Å². The molecule has 1 aromatic heterocycles. The Morgan fingerprint density at radius 3 is 1.65 bits per heavy atom. The second-order valence-electron chi connectivity index (χ2n) is 6.83. The normalized spacial score (nSPS) is 11.3. The van der Waals surface area contributed by atoms with Crippen molar-refractivity contribution >= 4 is 24.3 Å². The molecular formula is C25H27N2O4+. The van der Waals surface area contributed by atoms with E-state index >= 15 is 0 Å². The van der Waals surface area contributed by atoms with Crippen molar-refractivity contribution in [1.29, 1.82) is 0 Å². The van der Waals surface area contributed by atoms with Gasteiger partial charge in [-0.3, -0.25) is 0 Å². The number of phenolic OH excluding ortho intramolecular Hbond substituents is 2. The largest absolute Gasteiger partial charge is 0.507 e. The molecule has 0 aliphatic rings. The highest BCUT2D eigenvalue weighted by Gasteiger charge is 2.12. The first-order valence-corrected chi connectivity index (χ1v) is 9.89. The molecule has 0 saturated heterocycles. The number of ether oxygens (including phenoxy) is 2. The van der Waals surface area contributed by atoms with Gasteiger partial charge in [0, 0.05) is 47.5 Å². The van der Waals surface area contributed by atoms with Gasteiger partial charge in [0.2, 0.25) is 11.4 Å². The number of hydrogen-bond acceptors (Lipinski definition) is 5. The summed E-state index contributed by atoms with van der Waals surface area (Å²) in [6.45, 7) is 1.08. The van der Waals surface area contributed by atoms with E-state index in [2.05, 4.69) is 4.57 Å². The van der Waals surface area contributed by atoms with Crippen LogP contribution in [0.5, 0.6) is 23.0 Å². The molecule has 0 aliphatic heterocycles. The number of benzene rings is 2. The molecule has 6 heteroatoms. The Morgan fingerprint density at radius 2 is 1.26 bits per heavy atom. The van der Waals surface area contributed by atoms with E-state index in [-0.39, 0.29) is 11.5 Å². The van der Waals surface area contributed by atoms with Gasteiger partial charge in [0.05, 0.1) is 20.8 Å². The maximum Gasteiger partial charge on any atom is 0.205 e. The third kappa shape index (κ3) is 5.43. The zero-order valence-electron chi connectivity index (χ0n) is 17.7. The quantitative estimate of drug-likeness (QED) is 0.485. The van der Waals surface area contributed by atoms with Gasteiger partial charge in [-0.15, -0.1) is 0 Å². The van der Waals surface area contributed by atoms with Crippen LogP contribution in [-0.2, 0) is 6.54 Å². The fourth-order valence-corrected chi connectivity index (χ4v) is 3.19. The van der Waals surface area contributed by atoms with Gasteiger partial charge in [0.1, 0.15) is 23.0 Å². The lowest BCUT2D eigenvalue weighted by molar-refractivity contribution is -0.697. The SMILES string of the molecule is COc1ccc(/C=C/c2cccc(/C=C/c3ccc(OC)cc3O)[n+]2CCN)c(O)c1. The van der Waals surface area contributed by atoms with Crippen molar-refractivity contribution in [2.45, 2.75) is 6.54 Å². The summed E-state index contributed by atoms with van der Waals surface area (Å²) in [5, 5.41) is 20.4. The molecule has 0 saturated carbocycles. The minimum atomic E-state index is 0.145. The number of nitrogens with zero attached hydrogens (tertiary/aromatic N) is 1. The highest BCUT2D eigenvalue weighted by atomic mass is 16.5. The molecule has 0 bridgehead atoms. The Morgan fingerprint density at radius 1 is 0.774 bits per heavy atom. The lowest BCUT2D eigenvalue weighted by Gasteiger charge is -2.05. The highest BCUT2D eigenvalue weighted by molar-refractivity contribution is 5.73. The first-order chi connectivity index (χ1) is 15.0. The lowest BCUT2D eigenvalue weighted by Crippen LogP contribution is -2.43. The van der Waals surface area contributed by atoms with Crippen molar-refractivity contribution in [3.63, 3.8) is 0 Å². The number of pyridine rings is 1. The molecule has 2 aromatic carbocycles. The van der Waals surface area contributed by atoms with Crippen molar-refractivity contribution in [3.05, 3.63) is 77.1 Å². The van der Waals surface area contributed by atoms with Gasteiger partial charge in [-0.1, -0.05) is 0 Å². The molecule has 6 nitrogen and oxygen atoms in total. The Hall–Kier alpha value is -3.77. The molecule has 0 unspecified atom stereocenters. The molecule has 0 amide bonds. The third-order valence-electron chi connectivity index (χ3n) is 4.85. The number of rotatable bonds is 8. The van der Waals surface area contributed by atoms with E-state index < -0.39 is 0 Å². The summed E-state index contributed by atoms with van der Waals surface area (Å²) in [7, 11) is 3.12. The van der Waals surface area contributed by atoms with Crippen molar-refractivity contribution in [3.8, 4) is 23.0 Å². The first kappa shape index (κ1) is 21.9. The topological polar surface area (TPSA) is 88.8 Å². The maximum atomic E-state index is 10.2. The molecule has 3 rings (SSSR count). The number of hydrogen-bond donors (Lipinski definition) is 3. The minimum Gasteiger partial charge on any atom is -0.507 e. The summed E-state index contributed by atoms with van der Waals surface area (Å²) < 4.78 is 12.3. The van der Waals surface area contributed by atoms with E-state index in [1.54, 1.807) is 50.6 Å². The van der Waals surface area contributed by atoms with E-state index in [1.807, 2.05) is 42.5 Å². The standard InChI is InChI=1S/C25H26N2O4/c1-30-22-12-8-18(24(28)16-22)6-10-20-4-3-5-21(27(20)15-14-26)11-7-19-9-13-23(31-2)17-25(19)29/h3-13,16-17H,14-15,26H2,1-2H3,(H,28,29)/p+1. The molecular weight excluding hydrogens is 392 g/mol. The summed E-state index contributed by atoms with van der Waals surface area (Å²) >= 11 is 0. The molecule has 0 atom stereocenters. The van der Waals surface area contributed by atoms with Crippen LogP contribution >= 0.6 is 0 Å². The third-order valence-corrected chi connectivity index (χ3v) is 4.85. The van der Waals surface area contributed by atoms with Crippen LogP contribution in [0.3, 0.4) is 0 Å². The molecule has 31 heavy (non-hydrogen) atoms. The van der Waals surface area contributed by atoms with E-state index in [4.69, 9.17) is 15.2 Å². The summed E-state index contributed by atoms with van der Waals surface area (Å²) in [5.74, 6) is 1.49. The molecule has 0 aliphatic carbocycles. The molecule has 0 fully saturated rings. The van der Waals surface area contributed by atoms with Gasteiger partial charge in [-0.05, 0) is 42.5 Å². The fraction of sp³-hybridized carbons (Fsp3) is 0.160. The zero-order valence-corrected chi connectivity index (χ0v) is 17.7. The Balaban J connectivity index is 1.92. The van der Waals surface area contributed by atoms with Crippen molar-refractivity contribution in [1.82, 2.24) is 0 Å². The van der Waals surface area contributed by atoms with Crippen LogP contribution in [0, 0.1) is 0 Å². The van der Waals surface area contributed by atoms with Gasteiger partial charge in [-0.2, -0.15) is 4.57 Å². The molecule has 4 N–H and O–H groups in total. The monoisotopic (exact) mass is 419 g/mol. The first-order valence-electron chi connectivity index (χ1n) is 9.89. The summed E-state index contributed by atoms with van der Waals surface area (Å²) in [6.07, 6.45) is 7.55. The van der Waals surface area contributed by atoms with E-state index in [0.717, 1.165) is 11.4 Å². The molecule has 0 radical (unpaired) electrons. The van der Waals surface area contributed by atoms with Gasteiger partial charge >= 0.3 is 0 Å². The average Bonchev–Trinajstić information content (AvgIpc) is 2.78. The smallest absolute Gasteiger partial charge is 0.205 e. The molecule has 1 heterocycles. The maximum absolute atomic E-state index is 10.2. The summed E-state index contributed by atoms with van der Waals surface area (Å²) in [5.41, 5.74) is 9.08. The van der Waals surface area contributed by atoms with Crippen LogP contribution in [0.1, 0.15) is 22.5 Å². The van der Waals surface area contributed by atoms with Crippen LogP contribution in [0.2, 0.25) is 0 Å². The van der Waals surface area contributed by atoms with E-state index in [1.165, 1.54) is 0 Å². The lowest BCUT2D eigenvalue weighted by atomic mass is 10.1. The predicted molar refractivity (Wildman–Crippen MR) is 123 cm³/mol. The average molecular weight is 420 g/mol. The van der Waals surface area contributed by atoms with Crippen LogP contribution in [0.4, 0.5) is 0 Å². The summed E-state index contributed by atoms with van der Waals surface area (Å²) in [6, 6.07) is 16.3. The fourth-order valence-electron chi connectivity index (χ4n) is 3.19. The van der Waals surface area contributed by atoms with Crippen molar-refractivity contribution < 1.29 is 24.3 Å². The number of methoxy groups -OCH3 is 2. The van der Waals surface area contributed by atoms with Crippen LogP contribution in [-0.4, -0.2) is 31.0 Å². The predicted octanol–water partition coefficient (Wildman–Crippen LogP) is 3.70. The molecule has 3 aromatic rings. The van der Waals surface area contributed by atoms with E-state index in [9.17, 15) is 10.2 Å².